The molecule has 3 aromatic heterocycles. The Morgan fingerprint density at radius 3 is 2.37 bits per heavy atom. The number of anilines is 2. The fraction of sp³-hybridized carbons (Fsp3) is 0.179. The molecule has 0 atom stereocenters. The van der Waals surface area contributed by atoms with Gasteiger partial charge in [0, 0.05) is 35.1 Å². The van der Waals surface area contributed by atoms with E-state index >= 15 is 0 Å². The first-order chi connectivity index (χ1) is 18.2. The molecule has 192 valence electrons. The van der Waals surface area contributed by atoms with Gasteiger partial charge >= 0.3 is 6.18 Å². The summed E-state index contributed by atoms with van der Waals surface area (Å²) in [6.45, 7) is 1.82. The summed E-state index contributed by atoms with van der Waals surface area (Å²) in [5.41, 5.74) is 3.04. The van der Waals surface area contributed by atoms with Gasteiger partial charge in [0.2, 0.25) is 5.91 Å². The molecular weight excluding hydrogens is 495 g/mol. The highest BCUT2D eigenvalue weighted by Gasteiger charge is 2.33. The van der Waals surface area contributed by atoms with Crippen molar-refractivity contribution in [3.05, 3.63) is 90.1 Å². The molecule has 2 N–H and O–H groups in total. The molecule has 1 aromatic carbocycles. The summed E-state index contributed by atoms with van der Waals surface area (Å²) in [7, 11) is 0. The Hall–Kier alpha value is -4.60. The highest BCUT2D eigenvalue weighted by Crippen LogP contribution is 2.32. The lowest BCUT2D eigenvalue weighted by atomic mass is 9.98. The van der Waals surface area contributed by atoms with Crippen molar-refractivity contribution in [3.63, 3.8) is 0 Å². The van der Waals surface area contributed by atoms with Crippen molar-refractivity contribution in [1.82, 2.24) is 15.0 Å². The zero-order chi connectivity index (χ0) is 26.9. The molecule has 0 spiro atoms. The summed E-state index contributed by atoms with van der Waals surface area (Å²) in [6, 6.07) is 15.0. The van der Waals surface area contributed by atoms with Gasteiger partial charge in [-0.25, -0.2) is 4.98 Å². The molecule has 1 aliphatic carbocycles. The van der Waals surface area contributed by atoms with Crippen LogP contribution < -0.4 is 10.6 Å². The van der Waals surface area contributed by atoms with Crippen LogP contribution in [0.4, 0.5) is 24.7 Å². The van der Waals surface area contributed by atoms with Crippen molar-refractivity contribution >= 4 is 23.3 Å². The third-order valence-electron chi connectivity index (χ3n) is 6.12. The molecule has 0 unspecified atom stereocenters. The lowest BCUT2D eigenvalue weighted by Crippen LogP contribution is -2.15. The van der Waals surface area contributed by atoms with Crippen molar-refractivity contribution in [1.29, 1.82) is 0 Å². The second-order valence-electron chi connectivity index (χ2n) is 9.01. The van der Waals surface area contributed by atoms with Crippen LogP contribution in [0.25, 0.3) is 22.3 Å². The minimum Gasteiger partial charge on any atom is -0.321 e. The van der Waals surface area contributed by atoms with Gasteiger partial charge in [0.15, 0.2) is 0 Å². The predicted octanol–water partition coefficient (Wildman–Crippen LogP) is 6.13. The van der Waals surface area contributed by atoms with Crippen molar-refractivity contribution in [2.45, 2.75) is 25.9 Å². The lowest BCUT2D eigenvalue weighted by molar-refractivity contribution is -0.141. The van der Waals surface area contributed by atoms with E-state index in [1.54, 1.807) is 12.3 Å². The van der Waals surface area contributed by atoms with E-state index in [0.717, 1.165) is 41.3 Å². The number of aromatic nitrogens is 3. The first-order valence-corrected chi connectivity index (χ1v) is 11.9. The molecule has 0 aliphatic heterocycles. The van der Waals surface area contributed by atoms with E-state index in [-0.39, 0.29) is 17.4 Å². The Morgan fingerprint density at radius 2 is 1.61 bits per heavy atom. The van der Waals surface area contributed by atoms with Crippen molar-refractivity contribution in [3.8, 4) is 22.3 Å². The number of amides is 2. The van der Waals surface area contributed by atoms with E-state index in [2.05, 4.69) is 25.6 Å². The number of halogens is 3. The van der Waals surface area contributed by atoms with Gasteiger partial charge in [-0.15, -0.1) is 0 Å². The molecule has 1 fully saturated rings. The van der Waals surface area contributed by atoms with Crippen molar-refractivity contribution in [2.75, 3.05) is 10.6 Å². The molecule has 4 aromatic rings. The second kappa shape index (κ2) is 10.0. The normalized spacial score (nSPS) is 13.2. The minimum absolute atomic E-state index is 0.0228. The Morgan fingerprint density at radius 1 is 0.868 bits per heavy atom. The van der Waals surface area contributed by atoms with Crippen molar-refractivity contribution in [2.24, 2.45) is 5.92 Å². The lowest BCUT2D eigenvalue weighted by Gasteiger charge is -2.12. The second-order valence-corrected chi connectivity index (χ2v) is 9.01. The van der Waals surface area contributed by atoms with E-state index in [1.807, 2.05) is 43.3 Å². The number of benzene rings is 1. The molecule has 1 aliphatic rings. The van der Waals surface area contributed by atoms with Crippen LogP contribution in [-0.2, 0) is 11.0 Å². The Kier molecular flexibility index (Phi) is 6.62. The van der Waals surface area contributed by atoms with E-state index in [4.69, 9.17) is 0 Å². The molecule has 5 rings (SSSR count). The van der Waals surface area contributed by atoms with Gasteiger partial charge in [0.1, 0.15) is 11.5 Å². The zero-order valence-electron chi connectivity index (χ0n) is 20.2. The fourth-order valence-corrected chi connectivity index (χ4v) is 3.94. The maximum atomic E-state index is 13.0. The monoisotopic (exact) mass is 517 g/mol. The Bertz CT molecular complexity index is 1530. The van der Waals surface area contributed by atoms with Gasteiger partial charge in [-0.05, 0) is 72.9 Å². The first-order valence-electron chi connectivity index (χ1n) is 11.9. The van der Waals surface area contributed by atoms with Crippen LogP contribution in [0.15, 0.2) is 73.2 Å². The summed E-state index contributed by atoms with van der Waals surface area (Å²) in [4.78, 5) is 36.7. The Labute approximate surface area is 216 Å². The minimum atomic E-state index is -4.65. The van der Waals surface area contributed by atoms with Gasteiger partial charge in [-0.2, -0.15) is 13.2 Å². The van der Waals surface area contributed by atoms with Crippen LogP contribution in [0.3, 0.4) is 0 Å². The quantitative estimate of drug-likeness (QED) is 0.321. The summed E-state index contributed by atoms with van der Waals surface area (Å²) in [5, 5.41) is 5.47. The van der Waals surface area contributed by atoms with Crippen LogP contribution in [0.1, 0.15) is 34.6 Å². The largest absolute Gasteiger partial charge is 0.433 e. The van der Waals surface area contributed by atoms with Crippen LogP contribution in [-0.4, -0.2) is 26.8 Å². The van der Waals surface area contributed by atoms with Crippen LogP contribution in [0.5, 0.6) is 0 Å². The average molecular weight is 518 g/mol. The summed E-state index contributed by atoms with van der Waals surface area (Å²) < 4.78 is 39.0. The smallest absolute Gasteiger partial charge is 0.321 e. The van der Waals surface area contributed by atoms with Crippen LogP contribution in [0, 0.1) is 12.8 Å². The average Bonchev–Trinajstić information content (AvgIpc) is 3.75. The molecule has 0 bridgehead atoms. The number of nitrogens with one attached hydrogen (secondary N) is 2. The molecule has 3 heterocycles. The maximum Gasteiger partial charge on any atom is 0.433 e. The fourth-order valence-electron chi connectivity index (χ4n) is 3.94. The van der Waals surface area contributed by atoms with Gasteiger partial charge < -0.3 is 10.6 Å². The van der Waals surface area contributed by atoms with Crippen LogP contribution in [0.2, 0.25) is 0 Å². The van der Waals surface area contributed by atoms with Crippen molar-refractivity contribution < 1.29 is 22.8 Å². The predicted molar refractivity (Wildman–Crippen MR) is 136 cm³/mol. The Balaban J connectivity index is 1.38. The maximum absolute atomic E-state index is 13.0. The van der Waals surface area contributed by atoms with Gasteiger partial charge in [0.05, 0.1) is 11.9 Å². The highest BCUT2D eigenvalue weighted by molar-refractivity contribution is 6.04. The number of hydrogen-bond acceptors (Lipinski definition) is 5. The molecule has 10 heteroatoms. The molecule has 7 nitrogen and oxygen atoms in total. The number of hydrogen-bond donors (Lipinski definition) is 2. The van der Waals surface area contributed by atoms with Crippen LogP contribution >= 0.6 is 0 Å². The number of pyridine rings is 3. The molecule has 38 heavy (non-hydrogen) atoms. The third-order valence-corrected chi connectivity index (χ3v) is 6.12. The number of carbonyl (C=O) groups is 2. The zero-order valence-corrected chi connectivity index (χ0v) is 20.2. The summed E-state index contributed by atoms with van der Waals surface area (Å²) in [5.74, 6) is -0.180. The van der Waals surface area contributed by atoms with E-state index < -0.39 is 17.8 Å². The van der Waals surface area contributed by atoms with E-state index in [9.17, 15) is 22.8 Å². The number of alkyl halides is 3. The SMILES string of the molecule is Cc1ncc(NC(=O)c2ccnc(C(F)(F)F)c2)cc1-c1cccc(-c2ccnc(NC(=O)C3CC3)c2)c1. The van der Waals surface area contributed by atoms with Gasteiger partial charge in [-0.1, -0.05) is 18.2 Å². The molecular formula is C28H22F3N5O2. The van der Waals surface area contributed by atoms with E-state index in [0.29, 0.717) is 23.3 Å². The summed E-state index contributed by atoms with van der Waals surface area (Å²) >= 11 is 0. The number of carbonyl (C=O) groups excluding carboxylic acids is 2. The van der Waals surface area contributed by atoms with Gasteiger partial charge in [0.25, 0.3) is 5.91 Å². The summed E-state index contributed by atoms with van der Waals surface area (Å²) in [6.07, 6.45) is 1.18. The molecule has 2 amide bonds. The highest BCUT2D eigenvalue weighted by atomic mass is 19.4. The third kappa shape index (κ3) is 5.69. The first kappa shape index (κ1) is 25.1. The molecule has 1 saturated carbocycles. The van der Waals surface area contributed by atoms with Gasteiger partial charge in [-0.3, -0.25) is 19.6 Å². The number of nitrogens with zero attached hydrogens (tertiary/aromatic N) is 3. The standard InChI is InChI=1S/C28H22F3N5O2/c1-16-23(14-22(15-34-16)35-27(38)21-8-9-32-24(12-21)28(29,30)31)20-4-2-3-18(11-20)19-7-10-33-25(13-19)36-26(37)17-5-6-17/h2-4,7-15,17H,5-6H2,1H3,(H,35,38)(H,33,36,37). The number of aryl methyl sites for hydroxylation is 1. The number of rotatable bonds is 6. The molecule has 0 saturated heterocycles. The molecule has 0 radical (unpaired) electrons. The van der Waals surface area contributed by atoms with E-state index in [1.165, 1.54) is 12.3 Å². The topological polar surface area (TPSA) is 96.9 Å².